The predicted octanol–water partition coefficient (Wildman–Crippen LogP) is 2.96. The number of morpholine rings is 1. The number of ether oxygens (including phenoxy) is 1. The molecule has 2 aromatic heterocycles. The number of hydrogen-bond donors (Lipinski definition) is 0. The van der Waals surface area contributed by atoms with Crippen molar-refractivity contribution in [1.82, 2.24) is 19.9 Å². The van der Waals surface area contributed by atoms with Crippen LogP contribution in [0.2, 0.25) is 0 Å². The monoisotopic (exact) mass is 312 g/mol. The van der Waals surface area contributed by atoms with Gasteiger partial charge in [-0.1, -0.05) is 26.8 Å². The van der Waals surface area contributed by atoms with Crippen LogP contribution >= 0.6 is 0 Å². The van der Waals surface area contributed by atoms with Gasteiger partial charge in [0.1, 0.15) is 12.4 Å². The molecule has 3 heterocycles. The first-order valence-corrected chi connectivity index (χ1v) is 8.07. The molecule has 0 saturated carbocycles. The van der Waals surface area contributed by atoms with E-state index < -0.39 is 0 Å². The van der Waals surface area contributed by atoms with E-state index in [1.54, 1.807) is 12.4 Å². The summed E-state index contributed by atoms with van der Waals surface area (Å²) >= 11 is 0. The average Bonchev–Trinajstić information content (AvgIpc) is 2.54. The van der Waals surface area contributed by atoms with Gasteiger partial charge in [-0.3, -0.25) is 4.90 Å². The average molecular weight is 312 g/mol. The lowest BCUT2D eigenvalue weighted by molar-refractivity contribution is -0.0407. The van der Waals surface area contributed by atoms with Crippen molar-refractivity contribution in [2.45, 2.75) is 26.9 Å². The Labute approximate surface area is 137 Å². The Morgan fingerprint density at radius 2 is 2.00 bits per heavy atom. The molecule has 1 saturated heterocycles. The van der Waals surface area contributed by atoms with Gasteiger partial charge < -0.3 is 4.74 Å². The summed E-state index contributed by atoms with van der Waals surface area (Å²) in [6, 6.07) is 6.05. The maximum absolute atomic E-state index is 5.96. The van der Waals surface area contributed by atoms with Crippen molar-refractivity contribution >= 4 is 0 Å². The Bertz CT molecular complexity index is 639. The Hall–Kier alpha value is -1.85. The lowest BCUT2D eigenvalue weighted by atomic mass is 9.95. The van der Waals surface area contributed by atoms with E-state index in [0.717, 1.165) is 43.2 Å². The van der Waals surface area contributed by atoms with E-state index in [0.29, 0.717) is 5.41 Å². The van der Waals surface area contributed by atoms with Gasteiger partial charge in [-0.25, -0.2) is 15.0 Å². The highest BCUT2D eigenvalue weighted by Gasteiger charge is 2.26. The highest BCUT2D eigenvalue weighted by Crippen LogP contribution is 2.25. The first-order valence-electron chi connectivity index (χ1n) is 8.07. The molecule has 0 N–H and O–H groups in total. The van der Waals surface area contributed by atoms with Gasteiger partial charge in [0.15, 0.2) is 0 Å². The fourth-order valence-electron chi connectivity index (χ4n) is 2.92. The summed E-state index contributed by atoms with van der Waals surface area (Å²) in [5, 5.41) is 0. The van der Waals surface area contributed by atoms with Crippen LogP contribution in [0, 0.1) is 5.41 Å². The predicted molar refractivity (Wildman–Crippen MR) is 89.9 cm³/mol. The van der Waals surface area contributed by atoms with Crippen LogP contribution in [0.1, 0.15) is 32.6 Å². The summed E-state index contributed by atoms with van der Waals surface area (Å²) in [7, 11) is 0. The molecule has 0 bridgehead atoms. The van der Waals surface area contributed by atoms with Gasteiger partial charge in [0.2, 0.25) is 0 Å². The SMILES string of the molecule is CC(C)(C)CN1CCOC(c2cccc(-c3cncnc3)n2)C1. The lowest BCUT2D eigenvalue weighted by Gasteiger charge is -2.36. The summed E-state index contributed by atoms with van der Waals surface area (Å²) in [5.74, 6) is 0. The van der Waals surface area contributed by atoms with E-state index >= 15 is 0 Å². The molecule has 0 amide bonds. The smallest absolute Gasteiger partial charge is 0.115 e. The fraction of sp³-hybridized carbons (Fsp3) is 0.500. The molecule has 0 radical (unpaired) electrons. The summed E-state index contributed by atoms with van der Waals surface area (Å²) in [5.41, 5.74) is 3.08. The molecule has 1 aliphatic rings. The molecule has 122 valence electrons. The van der Waals surface area contributed by atoms with Gasteiger partial charge in [0, 0.05) is 37.6 Å². The molecule has 23 heavy (non-hydrogen) atoms. The molecule has 0 aromatic carbocycles. The molecule has 1 atom stereocenters. The number of rotatable bonds is 3. The molecule has 0 aliphatic carbocycles. The largest absolute Gasteiger partial charge is 0.369 e. The Balaban J connectivity index is 1.76. The molecule has 5 heteroatoms. The third-order valence-electron chi connectivity index (χ3n) is 3.81. The van der Waals surface area contributed by atoms with Gasteiger partial charge in [0.05, 0.1) is 18.0 Å². The van der Waals surface area contributed by atoms with Crippen LogP contribution in [0.15, 0.2) is 36.9 Å². The van der Waals surface area contributed by atoms with E-state index in [1.807, 2.05) is 18.2 Å². The third kappa shape index (κ3) is 4.33. The topological polar surface area (TPSA) is 51.1 Å². The lowest BCUT2D eigenvalue weighted by Crippen LogP contribution is -2.42. The van der Waals surface area contributed by atoms with Crippen LogP contribution < -0.4 is 0 Å². The van der Waals surface area contributed by atoms with Crippen LogP contribution in [-0.4, -0.2) is 46.1 Å². The molecular weight excluding hydrogens is 288 g/mol. The van der Waals surface area contributed by atoms with E-state index in [4.69, 9.17) is 9.72 Å². The first-order chi connectivity index (χ1) is 11.0. The van der Waals surface area contributed by atoms with Gasteiger partial charge in [-0.2, -0.15) is 0 Å². The number of nitrogens with zero attached hydrogens (tertiary/aromatic N) is 4. The minimum atomic E-state index is 0.0238. The quantitative estimate of drug-likeness (QED) is 0.872. The van der Waals surface area contributed by atoms with Crippen LogP contribution in [0.25, 0.3) is 11.3 Å². The summed E-state index contributed by atoms with van der Waals surface area (Å²) in [6.07, 6.45) is 5.12. The summed E-state index contributed by atoms with van der Waals surface area (Å²) in [6.45, 7) is 10.5. The minimum Gasteiger partial charge on any atom is -0.369 e. The summed E-state index contributed by atoms with van der Waals surface area (Å²) in [4.78, 5) is 15.4. The second kappa shape index (κ2) is 6.72. The Morgan fingerprint density at radius 1 is 1.22 bits per heavy atom. The van der Waals surface area contributed by atoms with E-state index in [-0.39, 0.29) is 6.10 Å². The molecule has 1 aliphatic heterocycles. The summed E-state index contributed by atoms with van der Waals surface area (Å²) < 4.78 is 5.96. The third-order valence-corrected chi connectivity index (χ3v) is 3.81. The maximum atomic E-state index is 5.96. The first kappa shape index (κ1) is 16.0. The van der Waals surface area contributed by atoms with Gasteiger partial charge in [0.25, 0.3) is 0 Å². The second-order valence-electron chi connectivity index (χ2n) is 7.23. The van der Waals surface area contributed by atoms with E-state index in [9.17, 15) is 0 Å². The number of pyridine rings is 1. The van der Waals surface area contributed by atoms with Crippen LogP contribution in [0.4, 0.5) is 0 Å². The van der Waals surface area contributed by atoms with Gasteiger partial charge >= 0.3 is 0 Å². The molecule has 5 nitrogen and oxygen atoms in total. The molecular formula is C18H24N4O. The fourth-order valence-corrected chi connectivity index (χ4v) is 2.92. The maximum Gasteiger partial charge on any atom is 0.115 e. The Kier molecular flexibility index (Phi) is 4.68. The normalized spacial score (nSPS) is 19.7. The molecule has 0 spiro atoms. The standard InChI is InChI=1S/C18H24N4O/c1-18(2,3)12-22-7-8-23-17(11-22)16-6-4-5-15(21-16)14-9-19-13-20-10-14/h4-6,9-10,13,17H,7-8,11-12H2,1-3H3. The molecule has 3 rings (SSSR count). The zero-order valence-corrected chi connectivity index (χ0v) is 14.1. The second-order valence-corrected chi connectivity index (χ2v) is 7.23. The molecule has 1 unspecified atom stereocenters. The van der Waals surface area contributed by atoms with Crippen molar-refractivity contribution in [3.05, 3.63) is 42.6 Å². The van der Waals surface area contributed by atoms with Gasteiger partial charge in [-0.15, -0.1) is 0 Å². The number of aromatic nitrogens is 3. The zero-order chi connectivity index (χ0) is 16.3. The van der Waals surface area contributed by atoms with Crippen molar-refractivity contribution in [3.8, 4) is 11.3 Å². The van der Waals surface area contributed by atoms with E-state index in [2.05, 4.69) is 35.6 Å². The van der Waals surface area contributed by atoms with Crippen molar-refractivity contribution in [1.29, 1.82) is 0 Å². The molecule has 2 aromatic rings. The zero-order valence-electron chi connectivity index (χ0n) is 14.1. The highest BCUT2D eigenvalue weighted by molar-refractivity contribution is 5.56. The van der Waals surface area contributed by atoms with E-state index in [1.165, 1.54) is 6.33 Å². The van der Waals surface area contributed by atoms with Crippen molar-refractivity contribution < 1.29 is 4.74 Å². The van der Waals surface area contributed by atoms with Crippen LogP contribution in [-0.2, 0) is 4.74 Å². The van der Waals surface area contributed by atoms with Crippen molar-refractivity contribution in [3.63, 3.8) is 0 Å². The Morgan fingerprint density at radius 3 is 2.74 bits per heavy atom. The van der Waals surface area contributed by atoms with Gasteiger partial charge in [-0.05, 0) is 17.5 Å². The minimum absolute atomic E-state index is 0.0238. The number of hydrogen-bond acceptors (Lipinski definition) is 5. The highest BCUT2D eigenvalue weighted by atomic mass is 16.5. The van der Waals surface area contributed by atoms with Crippen molar-refractivity contribution in [2.75, 3.05) is 26.2 Å². The van der Waals surface area contributed by atoms with Crippen LogP contribution in [0.5, 0.6) is 0 Å². The van der Waals surface area contributed by atoms with Crippen molar-refractivity contribution in [2.24, 2.45) is 5.41 Å². The van der Waals surface area contributed by atoms with Crippen LogP contribution in [0.3, 0.4) is 0 Å². The molecule has 1 fully saturated rings.